The zero-order valence-corrected chi connectivity index (χ0v) is 17.7. The number of rotatable bonds is 11. The van der Waals surface area contributed by atoms with Crippen LogP contribution in [0.25, 0.3) is 0 Å². The van der Waals surface area contributed by atoms with Crippen LogP contribution >= 0.6 is 0 Å². The number of nitrogens with zero attached hydrogens (tertiary/aromatic N) is 1. The second-order valence-corrected chi connectivity index (χ2v) is 7.11. The lowest BCUT2D eigenvalue weighted by Gasteiger charge is -2.20. The number of aliphatic imine (C=N–C) groups is 1. The quantitative estimate of drug-likeness (QED) is 0.304. The molecule has 0 aliphatic carbocycles. The number of nitrogens with one attached hydrogen (secondary N) is 2. The molecular formula is C21H35N3O4. The molecule has 1 atom stereocenters. The van der Waals surface area contributed by atoms with Gasteiger partial charge in [0.2, 0.25) is 0 Å². The summed E-state index contributed by atoms with van der Waals surface area (Å²) in [6.45, 7) is 8.49. The molecule has 158 valence electrons. The highest BCUT2D eigenvalue weighted by molar-refractivity contribution is 5.92. The van der Waals surface area contributed by atoms with Crippen LogP contribution in [-0.4, -0.2) is 51.0 Å². The molecule has 7 nitrogen and oxygen atoms in total. The van der Waals surface area contributed by atoms with E-state index in [0.717, 1.165) is 31.5 Å². The maximum absolute atomic E-state index is 11.9. The van der Waals surface area contributed by atoms with Crippen molar-refractivity contribution in [2.75, 3.05) is 33.9 Å². The van der Waals surface area contributed by atoms with Crippen LogP contribution < -0.4 is 15.4 Å². The van der Waals surface area contributed by atoms with Crippen molar-refractivity contribution in [3.63, 3.8) is 0 Å². The Kier molecular flexibility index (Phi) is 11.0. The first kappa shape index (κ1) is 23.8. The third-order valence-corrected chi connectivity index (χ3v) is 4.33. The second kappa shape index (κ2) is 13.0. The number of esters is 1. The fourth-order valence-corrected chi connectivity index (χ4v) is 3.03. The lowest BCUT2D eigenvalue weighted by atomic mass is 9.94. The normalized spacial score (nSPS) is 12.6. The monoisotopic (exact) mass is 393 g/mol. The summed E-state index contributed by atoms with van der Waals surface area (Å²) < 4.78 is 10.0. The molecule has 0 bridgehead atoms. The van der Waals surface area contributed by atoms with E-state index in [1.807, 2.05) is 13.0 Å². The molecule has 7 heteroatoms. The molecule has 0 spiro atoms. The van der Waals surface area contributed by atoms with Crippen LogP contribution in [0.15, 0.2) is 23.2 Å². The van der Waals surface area contributed by atoms with E-state index in [0.29, 0.717) is 35.7 Å². The van der Waals surface area contributed by atoms with Crippen molar-refractivity contribution in [1.82, 2.24) is 10.6 Å². The number of carbonyl (C=O) groups is 1. The van der Waals surface area contributed by atoms with Gasteiger partial charge < -0.3 is 25.2 Å². The first-order valence-electron chi connectivity index (χ1n) is 9.83. The molecule has 3 N–H and O–H groups in total. The summed E-state index contributed by atoms with van der Waals surface area (Å²) >= 11 is 0. The SMILES string of the molecule is CCNC(=NCc1ccc(OC)c(C(=O)OC)c1)NCC(CCO)CC(C)C. The number of ether oxygens (including phenoxy) is 2. The third-order valence-electron chi connectivity index (χ3n) is 4.33. The number of aliphatic hydroxyl groups excluding tert-OH is 1. The van der Waals surface area contributed by atoms with E-state index in [1.54, 1.807) is 12.1 Å². The van der Waals surface area contributed by atoms with Gasteiger partial charge in [-0.05, 0) is 49.3 Å². The molecule has 0 radical (unpaired) electrons. The molecule has 1 aromatic carbocycles. The van der Waals surface area contributed by atoms with E-state index in [9.17, 15) is 9.90 Å². The van der Waals surface area contributed by atoms with Gasteiger partial charge in [0.05, 0.1) is 20.8 Å². The summed E-state index contributed by atoms with van der Waals surface area (Å²) in [7, 11) is 2.87. The van der Waals surface area contributed by atoms with E-state index >= 15 is 0 Å². The lowest BCUT2D eigenvalue weighted by Crippen LogP contribution is -2.40. The van der Waals surface area contributed by atoms with Crippen molar-refractivity contribution in [1.29, 1.82) is 0 Å². The zero-order chi connectivity index (χ0) is 20.9. The molecule has 0 fully saturated rings. The number of guanidine groups is 1. The summed E-state index contributed by atoms with van der Waals surface area (Å²) in [5.74, 6) is 1.72. The summed E-state index contributed by atoms with van der Waals surface area (Å²) in [5, 5.41) is 15.9. The standard InChI is InChI=1S/C21H35N3O4/c1-6-22-21(24-14-17(9-10-25)11-15(2)3)23-13-16-7-8-19(27-4)18(12-16)20(26)28-5/h7-8,12,15,17,25H,6,9-11,13-14H2,1-5H3,(H2,22,23,24). The Bertz CT molecular complexity index is 632. The van der Waals surface area contributed by atoms with Crippen molar-refractivity contribution in [2.45, 2.75) is 40.2 Å². The number of hydrogen-bond acceptors (Lipinski definition) is 5. The highest BCUT2D eigenvalue weighted by Crippen LogP contribution is 2.21. The molecule has 1 aromatic rings. The number of carbonyl (C=O) groups excluding carboxylic acids is 1. The van der Waals surface area contributed by atoms with Crippen LogP contribution in [0.1, 0.15) is 49.5 Å². The molecule has 28 heavy (non-hydrogen) atoms. The van der Waals surface area contributed by atoms with Gasteiger partial charge in [0.1, 0.15) is 11.3 Å². The highest BCUT2D eigenvalue weighted by Gasteiger charge is 2.14. The minimum absolute atomic E-state index is 0.189. The predicted octanol–water partition coefficient (Wildman–Crippen LogP) is 2.58. The van der Waals surface area contributed by atoms with Gasteiger partial charge in [0, 0.05) is 19.7 Å². The Labute approximate surface area is 168 Å². The van der Waals surface area contributed by atoms with Crippen molar-refractivity contribution in [3.8, 4) is 5.75 Å². The Hall–Kier alpha value is -2.28. The largest absolute Gasteiger partial charge is 0.496 e. The van der Waals surface area contributed by atoms with Crippen LogP contribution in [0.5, 0.6) is 5.75 Å². The summed E-state index contributed by atoms with van der Waals surface area (Å²) in [6.07, 6.45) is 1.82. The highest BCUT2D eigenvalue weighted by atomic mass is 16.5. The van der Waals surface area contributed by atoms with E-state index in [4.69, 9.17) is 9.47 Å². The fraction of sp³-hybridized carbons (Fsp3) is 0.619. The zero-order valence-electron chi connectivity index (χ0n) is 17.7. The molecule has 0 aliphatic rings. The van der Waals surface area contributed by atoms with Crippen LogP contribution in [0, 0.1) is 11.8 Å². The van der Waals surface area contributed by atoms with E-state index in [1.165, 1.54) is 14.2 Å². The lowest BCUT2D eigenvalue weighted by molar-refractivity contribution is 0.0597. The summed E-state index contributed by atoms with van der Waals surface area (Å²) in [5.41, 5.74) is 1.27. The Morgan fingerprint density at radius 2 is 2.00 bits per heavy atom. The number of benzene rings is 1. The average molecular weight is 394 g/mol. The van der Waals surface area contributed by atoms with E-state index in [2.05, 4.69) is 29.5 Å². The van der Waals surface area contributed by atoms with Crippen LogP contribution in [0.2, 0.25) is 0 Å². The average Bonchev–Trinajstić information content (AvgIpc) is 2.68. The molecule has 0 amide bonds. The molecule has 0 saturated carbocycles. The minimum Gasteiger partial charge on any atom is -0.496 e. The van der Waals surface area contributed by atoms with E-state index < -0.39 is 5.97 Å². The summed E-state index contributed by atoms with van der Waals surface area (Å²) in [6, 6.07) is 5.37. The molecule has 0 aromatic heterocycles. The van der Waals surface area contributed by atoms with E-state index in [-0.39, 0.29) is 6.61 Å². The summed E-state index contributed by atoms with van der Waals surface area (Å²) in [4.78, 5) is 16.5. The van der Waals surface area contributed by atoms with Crippen molar-refractivity contribution in [2.24, 2.45) is 16.8 Å². The maximum Gasteiger partial charge on any atom is 0.341 e. The first-order valence-corrected chi connectivity index (χ1v) is 9.83. The van der Waals surface area contributed by atoms with Gasteiger partial charge in [-0.25, -0.2) is 9.79 Å². The topological polar surface area (TPSA) is 92.2 Å². The van der Waals surface area contributed by atoms with Crippen LogP contribution in [0.4, 0.5) is 0 Å². The fourth-order valence-electron chi connectivity index (χ4n) is 3.03. The number of aliphatic hydroxyl groups is 1. The Morgan fingerprint density at radius 3 is 2.57 bits per heavy atom. The maximum atomic E-state index is 11.9. The van der Waals surface area contributed by atoms with Gasteiger partial charge in [0.15, 0.2) is 5.96 Å². The first-order chi connectivity index (χ1) is 13.4. The van der Waals surface area contributed by atoms with Gasteiger partial charge in [-0.3, -0.25) is 0 Å². The number of hydrogen-bond donors (Lipinski definition) is 3. The number of methoxy groups -OCH3 is 2. The molecule has 0 aliphatic heterocycles. The minimum atomic E-state index is -0.437. The van der Waals surface area contributed by atoms with Crippen molar-refractivity contribution in [3.05, 3.63) is 29.3 Å². The van der Waals surface area contributed by atoms with Gasteiger partial charge in [-0.2, -0.15) is 0 Å². The van der Waals surface area contributed by atoms with Crippen molar-refractivity contribution >= 4 is 11.9 Å². The Balaban J connectivity index is 2.84. The third kappa shape index (κ3) is 8.17. The smallest absolute Gasteiger partial charge is 0.341 e. The van der Waals surface area contributed by atoms with Crippen molar-refractivity contribution < 1.29 is 19.4 Å². The van der Waals surface area contributed by atoms with Gasteiger partial charge in [-0.15, -0.1) is 0 Å². The molecule has 1 rings (SSSR count). The predicted molar refractivity (Wildman–Crippen MR) is 112 cm³/mol. The van der Waals surface area contributed by atoms with Crippen LogP contribution in [0.3, 0.4) is 0 Å². The van der Waals surface area contributed by atoms with Crippen LogP contribution in [-0.2, 0) is 11.3 Å². The molecule has 0 saturated heterocycles. The second-order valence-electron chi connectivity index (χ2n) is 7.11. The van der Waals surface area contributed by atoms with Gasteiger partial charge >= 0.3 is 5.97 Å². The van der Waals surface area contributed by atoms with Gasteiger partial charge in [-0.1, -0.05) is 19.9 Å². The van der Waals surface area contributed by atoms with Gasteiger partial charge in [0.25, 0.3) is 0 Å². The molecule has 1 unspecified atom stereocenters. The molecular weight excluding hydrogens is 358 g/mol. The Morgan fingerprint density at radius 1 is 1.25 bits per heavy atom. The molecule has 0 heterocycles.